The summed E-state index contributed by atoms with van der Waals surface area (Å²) in [6, 6.07) is 7.63. The number of hydrogen-bond donors (Lipinski definition) is 1. The molecule has 3 rings (SSSR count). The zero-order valence-electron chi connectivity index (χ0n) is 15.0. The Hall–Kier alpha value is -2.47. The third-order valence-corrected chi connectivity index (χ3v) is 4.08. The van der Waals surface area contributed by atoms with Gasteiger partial charge in [-0.1, -0.05) is 32.9 Å². The SMILES string of the molecule is CC(C)(C)c1ncc(NC(=O)c2ccccc2N2CCOCC2)cn1. The lowest BCUT2D eigenvalue weighted by Crippen LogP contribution is -2.37. The summed E-state index contributed by atoms with van der Waals surface area (Å²) in [6.45, 7) is 9.09. The van der Waals surface area contributed by atoms with E-state index < -0.39 is 0 Å². The van der Waals surface area contributed by atoms with E-state index in [2.05, 4.69) is 41.0 Å². The number of amides is 1. The molecule has 0 spiro atoms. The van der Waals surface area contributed by atoms with Crippen molar-refractivity contribution in [1.82, 2.24) is 9.97 Å². The number of carbonyl (C=O) groups is 1. The van der Waals surface area contributed by atoms with Gasteiger partial charge in [-0.3, -0.25) is 4.79 Å². The van der Waals surface area contributed by atoms with E-state index in [4.69, 9.17) is 4.74 Å². The molecule has 1 N–H and O–H groups in total. The zero-order valence-corrected chi connectivity index (χ0v) is 15.0. The van der Waals surface area contributed by atoms with Crippen LogP contribution in [-0.4, -0.2) is 42.2 Å². The summed E-state index contributed by atoms with van der Waals surface area (Å²) in [7, 11) is 0. The standard InChI is InChI=1S/C19H24N4O2/c1-19(2,3)18-20-12-14(13-21-18)22-17(24)15-6-4-5-7-16(15)23-8-10-25-11-9-23/h4-7,12-13H,8-11H2,1-3H3,(H,22,24). The molecular weight excluding hydrogens is 316 g/mol. The molecule has 1 saturated heterocycles. The number of anilines is 2. The van der Waals surface area contributed by atoms with Crippen molar-refractivity contribution in [1.29, 1.82) is 0 Å². The average Bonchev–Trinajstić information content (AvgIpc) is 2.62. The summed E-state index contributed by atoms with van der Waals surface area (Å²) in [4.78, 5) is 23.6. The minimum absolute atomic E-state index is 0.120. The highest BCUT2D eigenvalue weighted by Crippen LogP contribution is 2.23. The van der Waals surface area contributed by atoms with Crippen molar-refractivity contribution in [2.75, 3.05) is 36.5 Å². The molecule has 1 aromatic carbocycles. The van der Waals surface area contributed by atoms with Crippen molar-refractivity contribution in [3.8, 4) is 0 Å². The maximum absolute atomic E-state index is 12.7. The van der Waals surface area contributed by atoms with Gasteiger partial charge in [0, 0.05) is 24.2 Å². The van der Waals surface area contributed by atoms with Gasteiger partial charge >= 0.3 is 0 Å². The van der Waals surface area contributed by atoms with E-state index in [-0.39, 0.29) is 11.3 Å². The second-order valence-electron chi connectivity index (χ2n) is 7.12. The van der Waals surface area contributed by atoms with Crippen LogP contribution in [0.2, 0.25) is 0 Å². The Morgan fingerprint density at radius 2 is 1.76 bits per heavy atom. The Balaban J connectivity index is 1.77. The molecule has 0 atom stereocenters. The molecule has 0 aliphatic carbocycles. The maximum Gasteiger partial charge on any atom is 0.257 e. The third-order valence-electron chi connectivity index (χ3n) is 4.08. The first-order chi connectivity index (χ1) is 11.9. The number of nitrogens with one attached hydrogen (secondary N) is 1. The van der Waals surface area contributed by atoms with Crippen LogP contribution in [0.15, 0.2) is 36.7 Å². The molecule has 2 heterocycles. The average molecular weight is 340 g/mol. The molecule has 0 unspecified atom stereocenters. The lowest BCUT2D eigenvalue weighted by Gasteiger charge is -2.30. The van der Waals surface area contributed by atoms with Gasteiger partial charge in [-0.05, 0) is 12.1 Å². The normalized spacial score (nSPS) is 15.1. The quantitative estimate of drug-likeness (QED) is 0.930. The number of benzene rings is 1. The molecule has 0 radical (unpaired) electrons. The number of rotatable bonds is 3. The van der Waals surface area contributed by atoms with Crippen LogP contribution in [0.25, 0.3) is 0 Å². The first-order valence-corrected chi connectivity index (χ1v) is 8.51. The first kappa shape index (κ1) is 17.4. The highest BCUT2D eigenvalue weighted by molar-refractivity contribution is 6.08. The molecule has 1 aromatic heterocycles. The van der Waals surface area contributed by atoms with Gasteiger partial charge < -0.3 is 15.0 Å². The van der Waals surface area contributed by atoms with E-state index in [1.807, 2.05) is 24.3 Å². The smallest absolute Gasteiger partial charge is 0.257 e. The number of para-hydroxylation sites is 1. The molecule has 1 amide bonds. The van der Waals surface area contributed by atoms with Gasteiger partial charge in [0.25, 0.3) is 5.91 Å². The van der Waals surface area contributed by atoms with E-state index in [0.29, 0.717) is 24.5 Å². The number of nitrogens with zero attached hydrogens (tertiary/aromatic N) is 3. The summed E-state index contributed by atoms with van der Waals surface area (Å²) >= 11 is 0. The number of ether oxygens (including phenoxy) is 1. The zero-order chi connectivity index (χ0) is 17.9. The molecule has 0 saturated carbocycles. The van der Waals surface area contributed by atoms with E-state index >= 15 is 0 Å². The summed E-state index contributed by atoms with van der Waals surface area (Å²) < 4.78 is 5.40. The Labute approximate surface area is 148 Å². The van der Waals surface area contributed by atoms with Crippen LogP contribution in [0, 0.1) is 0 Å². The fourth-order valence-electron chi connectivity index (χ4n) is 2.72. The lowest BCUT2D eigenvalue weighted by atomic mass is 9.96. The van der Waals surface area contributed by atoms with Gasteiger partial charge in [0.05, 0.1) is 36.9 Å². The molecule has 132 valence electrons. The minimum Gasteiger partial charge on any atom is -0.378 e. The van der Waals surface area contributed by atoms with Crippen LogP contribution in [0.4, 0.5) is 11.4 Å². The Bertz CT molecular complexity index is 732. The molecular formula is C19H24N4O2. The molecule has 2 aromatic rings. The van der Waals surface area contributed by atoms with Crippen LogP contribution in [0.3, 0.4) is 0 Å². The van der Waals surface area contributed by atoms with Crippen LogP contribution < -0.4 is 10.2 Å². The molecule has 6 nitrogen and oxygen atoms in total. The number of carbonyl (C=O) groups excluding carboxylic acids is 1. The molecule has 1 aliphatic heterocycles. The number of aromatic nitrogens is 2. The molecule has 1 fully saturated rings. The van der Waals surface area contributed by atoms with E-state index in [1.54, 1.807) is 12.4 Å². The van der Waals surface area contributed by atoms with Gasteiger partial charge in [-0.2, -0.15) is 0 Å². The minimum atomic E-state index is -0.158. The topological polar surface area (TPSA) is 67.4 Å². The summed E-state index contributed by atoms with van der Waals surface area (Å²) in [5.41, 5.74) is 2.04. The van der Waals surface area contributed by atoms with Gasteiger partial charge in [0.15, 0.2) is 0 Å². The highest BCUT2D eigenvalue weighted by atomic mass is 16.5. The highest BCUT2D eigenvalue weighted by Gasteiger charge is 2.20. The van der Waals surface area contributed by atoms with Gasteiger partial charge in [0.1, 0.15) is 5.82 Å². The Morgan fingerprint density at radius 1 is 1.12 bits per heavy atom. The summed E-state index contributed by atoms with van der Waals surface area (Å²) in [6.07, 6.45) is 3.31. The maximum atomic E-state index is 12.7. The Kier molecular flexibility index (Phi) is 4.99. The van der Waals surface area contributed by atoms with Gasteiger partial charge in [0.2, 0.25) is 0 Å². The molecule has 1 aliphatic rings. The lowest BCUT2D eigenvalue weighted by molar-refractivity contribution is 0.102. The van der Waals surface area contributed by atoms with Crippen molar-refractivity contribution in [3.63, 3.8) is 0 Å². The fraction of sp³-hybridized carbons (Fsp3) is 0.421. The number of hydrogen-bond acceptors (Lipinski definition) is 5. The van der Waals surface area contributed by atoms with Gasteiger partial charge in [-0.25, -0.2) is 9.97 Å². The van der Waals surface area contributed by atoms with E-state index in [9.17, 15) is 4.79 Å². The summed E-state index contributed by atoms with van der Waals surface area (Å²) in [5, 5.41) is 2.89. The van der Waals surface area contributed by atoms with Crippen LogP contribution in [0.5, 0.6) is 0 Å². The molecule has 25 heavy (non-hydrogen) atoms. The van der Waals surface area contributed by atoms with Crippen molar-refractivity contribution < 1.29 is 9.53 Å². The predicted octanol–water partition coefficient (Wildman–Crippen LogP) is 2.86. The van der Waals surface area contributed by atoms with E-state index in [0.717, 1.165) is 24.6 Å². The first-order valence-electron chi connectivity index (χ1n) is 8.51. The Morgan fingerprint density at radius 3 is 2.40 bits per heavy atom. The van der Waals surface area contributed by atoms with Crippen molar-refractivity contribution in [2.24, 2.45) is 0 Å². The number of morpholine rings is 1. The van der Waals surface area contributed by atoms with Crippen molar-refractivity contribution >= 4 is 17.3 Å². The van der Waals surface area contributed by atoms with Crippen molar-refractivity contribution in [3.05, 3.63) is 48.0 Å². The second-order valence-corrected chi connectivity index (χ2v) is 7.12. The molecule has 0 bridgehead atoms. The largest absolute Gasteiger partial charge is 0.378 e. The second kappa shape index (κ2) is 7.19. The van der Waals surface area contributed by atoms with Crippen LogP contribution in [0.1, 0.15) is 37.0 Å². The summed E-state index contributed by atoms with van der Waals surface area (Å²) in [5.74, 6) is 0.591. The van der Waals surface area contributed by atoms with Gasteiger partial charge in [-0.15, -0.1) is 0 Å². The van der Waals surface area contributed by atoms with Crippen molar-refractivity contribution in [2.45, 2.75) is 26.2 Å². The molecule has 6 heteroatoms. The monoisotopic (exact) mass is 340 g/mol. The fourth-order valence-corrected chi connectivity index (χ4v) is 2.72. The van der Waals surface area contributed by atoms with Crippen LogP contribution in [-0.2, 0) is 10.2 Å². The predicted molar refractivity (Wildman–Crippen MR) is 98.2 cm³/mol. The van der Waals surface area contributed by atoms with E-state index in [1.165, 1.54) is 0 Å². The third kappa shape index (κ3) is 4.14. The van der Waals surface area contributed by atoms with Crippen LogP contribution >= 0.6 is 0 Å².